The van der Waals surface area contributed by atoms with Gasteiger partial charge in [-0.3, -0.25) is 0 Å². The molecule has 6 nitrogen and oxygen atoms in total. The lowest BCUT2D eigenvalue weighted by molar-refractivity contribution is 0.0170. The van der Waals surface area contributed by atoms with Crippen molar-refractivity contribution < 1.29 is 14.3 Å². The van der Waals surface area contributed by atoms with Crippen molar-refractivity contribution in [1.82, 2.24) is 15.1 Å². The second kappa shape index (κ2) is 7.75. The van der Waals surface area contributed by atoms with Crippen molar-refractivity contribution in [3.8, 4) is 0 Å². The molecule has 0 aliphatic carbocycles. The first-order valence-electron chi connectivity index (χ1n) is 8.00. The molecule has 3 amide bonds. The van der Waals surface area contributed by atoms with Gasteiger partial charge in [0.1, 0.15) is 5.60 Å². The molecule has 1 aromatic rings. The van der Waals surface area contributed by atoms with Gasteiger partial charge in [0.25, 0.3) is 0 Å². The van der Waals surface area contributed by atoms with Gasteiger partial charge in [-0.1, -0.05) is 23.7 Å². The van der Waals surface area contributed by atoms with Gasteiger partial charge in [-0.05, 0) is 38.5 Å². The molecule has 1 heterocycles. The van der Waals surface area contributed by atoms with Crippen molar-refractivity contribution in [3.63, 3.8) is 0 Å². The number of nitrogens with one attached hydrogen (secondary N) is 1. The highest BCUT2D eigenvalue weighted by molar-refractivity contribution is 6.30. The van der Waals surface area contributed by atoms with E-state index in [0.29, 0.717) is 37.7 Å². The monoisotopic (exact) mass is 353 g/mol. The lowest BCUT2D eigenvalue weighted by Crippen LogP contribution is -2.53. The van der Waals surface area contributed by atoms with Gasteiger partial charge in [-0.25, -0.2) is 9.59 Å². The molecule has 2 rings (SSSR count). The Balaban J connectivity index is 1.77. The number of carbonyl (C=O) groups excluding carboxylic acids is 2. The Morgan fingerprint density at radius 1 is 1.17 bits per heavy atom. The van der Waals surface area contributed by atoms with Crippen LogP contribution in [0.4, 0.5) is 9.59 Å². The number of amides is 3. The number of benzene rings is 1. The van der Waals surface area contributed by atoms with Crippen molar-refractivity contribution in [2.45, 2.75) is 32.9 Å². The van der Waals surface area contributed by atoms with Gasteiger partial charge in [0.05, 0.1) is 0 Å². The highest BCUT2D eigenvalue weighted by atomic mass is 35.5. The molecule has 0 spiro atoms. The maximum absolute atomic E-state index is 12.2. The van der Waals surface area contributed by atoms with Crippen molar-refractivity contribution in [3.05, 3.63) is 34.9 Å². The van der Waals surface area contributed by atoms with E-state index in [0.717, 1.165) is 5.56 Å². The Morgan fingerprint density at radius 3 is 2.38 bits per heavy atom. The maximum atomic E-state index is 12.2. The summed E-state index contributed by atoms with van der Waals surface area (Å²) in [5.74, 6) is 0. The number of piperazine rings is 1. The molecule has 0 saturated carbocycles. The number of urea groups is 1. The van der Waals surface area contributed by atoms with E-state index in [4.69, 9.17) is 16.3 Å². The number of hydrogen-bond acceptors (Lipinski definition) is 3. The second-order valence-corrected chi connectivity index (χ2v) is 7.18. The van der Waals surface area contributed by atoms with Crippen LogP contribution in [0.15, 0.2) is 24.3 Å². The van der Waals surface area contributed by atoms with Crippen LogP contribution in [-0.2, 0) is 11.3 Å². The Labute approximate surface area is 147 Å². The zero-order chi connectivity index (χ0) is 17.7. The number of ether oxygens (including phenoxy) is 1. The van der Waals surface area contributed by atoms with Gasteiger partial charge >= 0.3 is 12.1 Å². The van der Waals surface area contributed by atoms with Crippen LogP contribution in [0.25, 0.3) is 0 Å². The molecule has 0 unspecified atom stereocenters. The van der Waals surface area contributed by atoms with Gasteiger partial charge in [0.2, 0.25) is 0 Å². The van der Waals surface area contributed by atoms with E-state index in [9.17, 15) is 9.59 Å². The van der Waals surface area contributed by atoms with E-state index in [2.05, 4.69) is 5.32 Å². The molecule has 1 N–H and O–H groups in total. The number of halogens is 1. The van der Waals surface area contributed by atoms with E-state index < -0.39 is 5.60 Å². The van der Waals surface area contributed by atoms with E-state index in [-0.39, 0.29) is 12.1 Å². The van der Waals surface area contributed by atoms with Gasteiger partial charge in [0.15, 0.2) is 0 Å². The van der Waals surface area contributed by atoms with E-state index in [1.807, 2.05) is 39.0 Å². The fraction of sp³-hybridized carbons (Fsp3) is 0.529. The quantitative estimate of drug-likeness (QED) is 0.888. The zero-order valence-corrected chi connectivity index (χ0v) is 15.1. The molecule has 0 radical (unpaired) electrons. The van der Waals surface area contributed by atoms with Gasteiger partial charge in [-0.15, -0.1) is 0 Å². The minimum Gasteiger partial charge on any atom is -0.444 e. The summed E-state index contributed by atoms with van der Waals surface area (Å²) in [6.07, 6.45) is -0.332. The molecule has 0 atom stereocenters. The van der Waals surface area contributed by atoms with Crippen LogP contribution in [0.1, 0.15) is 26.3 Å². The Bertz CT molecular complexity index is 593. The van der Waals surface area contributed by atoms with Crippen LogP contribution in [0.2, 0.25) is 5.02 Å². The SMILES string of the molecule is CC(C)(C)OC(=O)N1CCN(C(=O)NCc2cccc(Cl)c2)CC1. The fourth-order valence-electron chi connectivity index (χ4n) is 2.36. The van der Waals surface area contributed by atoms with Gasteiger partial charge in [-0.2, -0.15) is 0 Å². The number of rotatable bonds is 2. The van der Waals surface area contributed by atoms with Crippen molar-refractivity contribution in [1.29, 1.82) is 0 Å². The first-order chi connectivity index (χ1) is 11.2. The Hall–Kier alpha value is -1.95. The summed E-state index contributed by atoms with van der Waals surface area (Å²) in [4.78, 5) is 27.5. The van der Waals surface area contributed by atoms with Crippen LogP contribution < -0.4 is 5.32 Å². The molecule has 1 aliphatic heterocycles. The van der Waals surface area contributed by atoms with Crippen LogP contribution in [0.5, 0.6) is 0 Å². The number of hydrogen-bond donors (Lipinski definition) is 1. The van der Waals surface area contributed by atoms with Crippen molar-refractivity contribution in [2.75, 3.05) is 26.2 Å². The average molecular weight is 354 g/mol. The third-order valence-corrected chi connectivity index (χ3v) is 3.79. The first kappa shape index (κ1) is 18.4. The minimum atomic E-state index is -0.511. The summed E-state index contributed by atoms with van der Waals surface area (Å²) in [6.45, 7) is 7.85. The van der Waals surface area contributed by atoms with Crippen LogP contribution >= 0.6 is 11.6 Å². The third-order valence-electron chi connectivity index (χ3n) is 3.55. The minimum absolute atomic E-state index is 0.140. The molecule has 0 aromatic heterocycles. The summed E-state index contributed by atoms with van der Waals surface area (Å²) in [6, 6.07) is 7.24. The summed E-state index contributed by atoms with van der Waals surface area (Å²) < 4.78 is 5.34. The third kappa shape index (κ3) is 5.60. The molecule has 24 heavy (non-hydrogen) atoms. The normalized spacial score (nSPS) is 15.2. The fourth-order valence-corrected chi connectivity index (χ4v) is 2.57. The Kier molecular flexibility index (Phi) is 5.94. The summed E-state index contributed by atoms with van der Waals surface area (Å²) in [5.41, 5.74) is 0.436. The van der Waals surface area contributed by atoms with E-state index in [1.54, 1.807) is 15.9 Å². The molecule has 132 valence electrons. The summed E-state index contributed by atoms with van der Waals surface area (Å²) in [7, 11) is 0. The summed E-state index contributed by atoms with van der Waals surface area (Å²) >= 11 is 5.93. The number of nitrogens with zero attached hydrogens (tertiary/aromatic N) is 2. The molecule has 7 heteroatoms. The molecule has 1 aliphatic rings. The molecular weight excluding hydrogens is 330 g/mol. The summed E-state index contributed by atoms with van der Waals surface area (Å²) in [5, 5.41) is 3.52. The number of carbonyl (C=O) groups is 2. The molecule has 0 bridgehead atoms. The standard InChI is InChI=1S/C17H24ClN3O3/c1-17(2,3)24-16(23)21-9-7-20(8-10-21)15(22)19-12-13-5-4-6-14(18)11-13/h4-6,11H,7-10,12H2,1-3H3,(H,19,22). The molecule has 1 saturated heterocycles. The Morgan fingerprint density at radius 2 is 1.79 bits per heavy atom. The lowest BCUT2D eigenvalue weighted by atomic mass is 10.2. The first-order valence-corrected chi connectivity index (χ1v) is 8.37. The lowest BCUT2D eigenvalue weighted by Gasteiger charge is -2.35. The van der Waals surface area contributed by atoms with Crippen LogP contribution in [0, 0.1) is 0 Å². The molecule has 1 fully saturated rings. The van der Waals surface area contributed by atoms with E-state index in [1.165, 1.54) is 0 Å². The van der Waals surface area contributed by atoms with Gasteiger partial charge < -0.3 is 19.9 Å². The predicted molar refractivity (Wildman–Crippen MR) is 93.1 cm³/mol. The van der Waals surface area contributed by atoms with Crippen molar-refractivity contribution in [2.24, 2.45) is 0 Å². The van der Waals surface area contributed by atoms with E-state index >= 15 is 0 Å². The largest absolute Gasteiger partial charge is 0.444 e. The van der Waals surface area contributed by atoms with Gasteiger partial charge in [0, 0.05) is 37.7 Å². The predicted octanol–water partition coefficient (Wildman–Crippen LogP) is 3.10. The molecular formula is C17H24ClN3O3. The van der Waals surface area contributed by atoms with Crippen molar-refractivity contribution >= 4 is 23.7 Å². The highest BCUT2D eigenvalue weighted by Crippen LogP contribution is 2.13. The maximum Gasteiger partial charge on any atom is 0.410 e. The smallest absolute Gasteiger partial charge is 0.410 e. The zero-order valence-electron chi connectivity index (χ0n) is 14.3. The van der Waals surface area contributed by atoms with Crippen LogP contribution in [0.3, 0.4) is 0 Å². The van der Waals surface area contributed by atoms with Crippen LogP contribution in [-0.4, -0.2) is 53.7 Å². The second-order valence-electron chi connectivity index (χ2n) is 6.74. The molecule has 1 aromatic carbocycles. The average Bonchev–Trinajstić information content (AvgIpc) is 2.51. The topological polar surface area (TPSA) is 61.9 Å². The highest BCUT2D eigenvalue weighted by Gasteiger charge is 2.27.